The van der Waals surface area contributed by atoms with Crippen LogP contribution in [-0.4, -0.2) is 49.2 Å². The van der Waals surface area contributed by atoms with Crippen molar-refractivity contribution in [2.45, 2.75) is 37.5 Å². The summed E-state index contributed by atoms with van der Waals surface area (Å²) in [5.41, 5.74) is 17.6. The molecule has 0 radical (unpaired) electrons. The summed E-state index contributed by atoms with van der Waals surface area (Å²) in [5, 5.41) is 8.03. The lowest BCUT2D eigenvalue weighted by molar-refractivity contribution is -0.124. The number of carbonyl (C=O) groups is 1. The van der Waals surface area contributed by atoms with Crippen molar-refractivity contribution in [3.63, 3.8) is 0 Å². The van der Waals surface area contributed by atoms with Gasteiger partial charge in [0.2, 0.25) is 5.91 Å². The average molecular weight is 399 g/mol. The Kier molecular flexibility index (Phi) is 6.48. The molecule has 1 amide bonds. The van der Waals surface area contributed by atoms with E-state index in [1.54, 1.807) is 0 Å². The molecule has 1 saturated carbocycles. The molecule has 0 atom stereocenters. The third kappa shape index (κ3) is 4.24. The molecule has 9 heteroatoms. The number of pyridine rings is 1. The second kappa shape index (κ2) is 9.04. The van der Waals surface area contributed by atoms with Gasteiger partial charge in [-0.2, -0.15) is 0 Å². The summed E-state index contributed by atoms with van der Waals surface area (Å²) in [6.07, 6.45) is 8.12. The molecule has 2 heterocycles. The van der Waals surface area contributed by atoms with E-state index in [1.165, 1.54) is 18.5 Å². The van der Waals surface area contributed by atoms with E-state index >= 15 is 0 Å². The van der Waals surface area contributed by atoms with E-state index in [0.29, 0.717) is 61.9 Å². The number of amidine groups is 1. The van der Waals surface area contributed by atoms with Gasteiger partial charge in [0.05, 0.1) is 18.6 Å². The van der Waals surface area contributed by atoms with Gasteiger partial charge < -0.3 is 32.2 Å². The molecule has 1 aliphatic carbocycles. The molecule has 0 unspecified atom stereocenters. The molecule has 0 spiro atoms. The van der Waals surface area contributed by atoms with Gasteiger partial charge in [0.25, 0.3) is 0 Å². The Balaban J connectivity index is 2.22. The highest BCUT2D eigenvalue weighted by molar-refractivity contribution is 5.98. The van der Waals surface area contributed by atoms with E-state index in [4.69, 9.17) is 27.3 Å². The summed E-state index contributed by atoms with van der Waals surface area (Å²) >= 11 is 0. The maximum absolute atomic E-state index is 12.7. The summed E-state index contributed by atoms with van der Waals surface area (Å²) in [6, 6.07) is 1.90. The van der Waals surface area contributed by atoms with Crippen LogP contribution in [0.1, 0.15) is 43.2 Å². The predicted molar refractivity (Wildman–Crippen MR) is 114 cm³/mol. The molecular weight excluding hydrogens is 370 g/mol. The van der Waals surface area contributed by atoms with Gasteiger partial charge in [0.15, 0.2) is 5.82 Å². The van der Waals surface area contributed by atoms with Crippen molar-refractivity contribution in [2.24, 2.45) is 22.2 Å². The maximum Gasteiger partial charge on any atom is 0.228 e. The third-order valence-corrected chi connectivity index (χ3v) is 5.70. The summed E-state index contributed by atoms with van der Waals surface area (Å²) < 4.78 is 5.45. The largest absolute Gasteiger partial charge is 0.404 e. The molecule has 2 aliphatic rings. The van der Waals surface area contributed by atoms with Crippen molar-refractivity contribution in [3.05, 3.63) is 29.5 Å². The summed E-state index contributed by atoms with van der Waals surface area (Å²) in [6.45, 7) is 2.56. The number of primary amides is 1. The normalized spacial score (nSPS) is 20.0. The number of ether oxygens (including phenoxy) is 1. The third-order valence-electron chi connectivity index (χ3n) is 5.70. The van der Waals surface area contributed by atoms with Crippen LogP contribution < -0.4 is 22.1 Å². The number of rotatable bonds is 6. The van der Waals surface area contributed by atoms with Crippen LogP contribution in [0.15, 0.2) is 23.3 Å². The molecule has 1 aromatic rings. The molecular formula is C20H29N7O2. The molecule has 7 N–H and O–H groups in total. The summed E-state index contributed by atoms with van der Waals surface area (Å²) in [5.74, 6) is 0.776. The van der Waals surface area contributed by atoms with Gasteiger partial charge >= 0.3 is 0 Å². The van der Waals surface area contributed by atoms with Crippen LogP contribution in [0.5, 0.6) is 0 Å². The number of morpholine rings is 1. The quantitative estimate of drug-likeness (QED) is 0.414. The fourth-order valence-electron chi connectivity index (χ4n) is 4.17. The van der Waals surface area contributed by atoms with Gasteiger partial charge in [-0.1, -0.05) is 19.3 Å². The van der Waals surface area contributed by atoms with Gasteiger partial charge in [-0.3, -0.25) is 4.79 Å². The van der Waals surface area contributed by atoms with Gasteiger partial charge in [-0.05, 0) is 36.7 Å². The SMILES string of the molecule is N=Cc1c(C2(C(N)=O)CCCCC2)cc(N2CCOCC2)nc1/N=C(N)\C=C/N. The highest BCUT2D eigenvalue weighted by Gasteiger charge is 2.42. The number of carbonyl (C=O) groups excluding carboxylic acids is 1. The first-order valence-electron chi connectivity index (χ1n) is 9.93. The number of anilines is 1. The number of aliphatic imine (C=N–C) groups is 1. The Bertz CT molecular complexity index is 822. The Morgan fingerprint density at radius 1 is 1.24 bits per heavy atom. The standard InChI is InChI=1S/C20H29N7O2/c21-7-4-16(23)25-18-14(13-22)15(20(19(24)28)5-2-1-3-6-20)12-17(26-18)27-8-10-29-11-9-27/h4,7,12-13,22H,1-3,5-6,8-11,21H2,(H2,24,28)(H2,23,25,26)/b7-4-,22-13?. The van der Waals surface area contributed by atoms with Crippen LogP contribution >= 0.6 is 0 Å². The second-order valence-electron chi connectivity index (χ2n) is 7.41. The van der Waals surface area contributed by atoms with Crippen LogP contribution in [-0.2, 0) is 14.9 Å². The van der Waals surface area contributed by atoms with E-state index < -0.39 is 5.41 Å². The van der Waals surface area contributed by atoms with Crippen LogP contribution in [0.25, 0.3) is 0 Å². The number of aromatic nitrogens is 1. The first-order valence-corrected chi connectivity index (χ1v) is 9.93. The van der Waals surface area contributed by atoms with Gasteiger partial charge in [0, 0.05) is 24.9 Å². The zero-order valence-electron chi connectivity index (χ0n) is 16.6. The zero-order valence-corrected chi connectivity index (χ0v) is 16.6. The molecule has 0 bridgehead atoms. The maximum atomic E-state index is 12.7. The molecule has 1 aliphatic heterocycles. The molecule has 2 fully saturated rings. The van der Waals surface area contributed by atoms with Crippen molar-refractivity contribution in [3.8, 4) is 0 Å². The number of nitrogens with two attached hydrogens (primary N) is 3. The van der Waals surface area contributed by atoms with E-state index in [9.17, 15) is 4.79 Å². The Morgan fingerprint density at radius 3 is 2.52 bits per heavy atom. The lowest BCUT2D eigenvalue weighted by Gasteiger charge is -2.37. The summed E-state index contributed by atoms with van der Waals surface area (Å²) in [7, 11) is 0. The van der Waals surface area contributed by atoms with Crippen molar-refractivity contribution in [2.75, 3.05) is 31.2 Å². The van der Waals surface area contributed by atoms with Crippen molar-refractivity contribution in [1.82, 2.24) is 4.98 Å². The molecule has 3 rings (SSSR count). The number of hydrogen-bond donors (Lipinski definition) is 4. The molecule has 1 aromatic heterocycles. The highest BCUT2D eigenvalue weighted by Crippen LogP contribution is 2.43. The summed E-state index contributed by atoms with van der Waals surface area (Å²) in [4.78, 5) is 23.8. The number of nitrogens with zero attached hydrogens (tertiary/aromatic N) is 3. The number of hydrogen-bond acceptors (Lipinski definition) is 7. The Hall–Kier alpha value is -2.94. The monoisotopic (exact) mass is 399 g/mol. The zero-order chi connectivity index (χ0) is 20.9. The van der Waals surface area contributed by atoms with E-state index in [1.807, 2.05) is 6.07 Å². The highest BCUT2D eigenvalue weighted by atomic mass is 16.5. The Morgan fingerprint density at radius 2 is 1.93 bits per heavy atom. The number of amides is 1. The minimum absolute atomic E-state index is 0.171. The van der Waals surface area contributed by atoms with Crippen molar-refractivity contribution in [1.29, 1.82) is 5.41 Å². The molecule has 1 saturated heterocycles. The van der Waals surface area contributed by atoms with Crippen LogP contribution in [0.3, 0.4) is 0 Å². The van der Waals surface area contributed by atoms with Crippen LogP contribution in [0.2, 0.25) is 0 Å². The number of nitrogens with one attached hydrogen (secondary N) is 1. The minimum Gasteiger partial charge on any atom is -0.404 e. The average Bonchev–Trinajstić information content (AvgIpc) is 2.74. The smallest absolute Gasteiger partial charge is 0.228 e. The minimum atomic E-state index is -0.835. The van der Waals surface area contributed by atoms with E-state index in [2.05, 4.69) is 14.9 Å². The fourth-order valence-corrected chi connectivity index (χ4v) is 4.17. The fraction of sp³-hybridized carbons (Fsp3) is 0.500. The topological polar surface area (TPSA) is 157 Å². The van der Waals surface area contributed by atoms with Crippen molar-refractivity contribution >= 4 is 29.6 Å². The van der Waals surface area contributed by atoms with Crippen molar-refractivity contribution < 1.29 is 9.53 Å². The van der Waals surface area contributed by atoms with Crippen LogP contribution in [0, 0.1) is 5.41 Å². The molecule has 29 heavy (non-hydrogen) atoms. The van der Waals surface area contributed by atoms with Gasteiger partial charge in [-0.15, -0.1) is 0 Å². The molecule has 0 aromatic carbocycles. The Labute approximate surface area is 170 Å². The first-order chi connectivity index (χ1) is 14.0. The second-order valence-corrected chi connectivity index (χ2v) is 7.41. The van der Waals surface area contributed by atoms with Gasteiger partial charge in [-0.25, -0.2) is 9.98 Å². The van der Waals surface area contributed by atoms with E-state index in [0.717, 1.165) is 19.3 Å². The molecule has 156 valence electrons. The van der Waals surface area contributed by atoms with E-state index in [-0.39, 0.29) is 11.7 Å². The van der Waals surface area contributed by atoms with Crippen LogP contribution in [0.4, 0.5) is 11.6 Å². The van der Waals surface area contributed by atoms with Gasteiger partial charge in [0.1, 0.15) is 11.7 Å². The lowest BCUT2D eigenvalue weighted by Crippen LogP contribution is -2.44. The predicted octanol–water partition coefficient (Wildman–Crippen LogP) is 1.06. The first kappa shape index (κ1) is 20.8. The molecule has 9 nitrogen and oxygen atoms in total. The lowest BCUT2D eigenvalue weighted by atomic mass is 9.67.